The van der Waals surface area contributed by atoms with E-state index < -0.39 is 280 Å². The molecule has 0 spiro atoms. The third kappa shape index (κ3) is 25.7. The van der Waals surface area contributed by atoms with E-state index in [-0.39, 0.29) is 117 Å². The van der Waals surface area contributed by atoms with Gasteiger partial charge < -0.3 is 145 Å². The molecule has 14 unspecified atom stereocenters. The molecule has 0 bridgehead atoms. The first-order valence-electron chi connectivity index (χ1n) is 43.9. The molecule has 17 heterocycles. The molecular formula is C72H90N25O36P7S7-6. The summed E-state index contributed by atoms with van der Waals surface area (Å²) in [5.41, 5.74) is 24.1. The van der Waals surface area contributed by atoms with E-state index in [0.29, 0.717) is 0 Å². The highest BCUT2D eigenvalue weighted by molar-refractivity contribution is 8.44. The summed E-state index contributed by atoms with van der Waals surface area (Å²) in [7, 11) is 1.05. The number of nitrogens with one attached hydrogen (secondary N) is 4. The molecular weight excluding hydrogens is 2230 g/mol. The second-order valence-electron chi connectivity index (χ2n) is 34.2. The first-order valence-corrected chi connectivity index (χ1v) is 62.0. The number of nitrogens with two attached hydrogens (primary N) is 5. The molecule has 0 amide bonds. The zero-order valence-electron chi connectivity index (χ0n) is 76.9. The maximum atomic E-state index is 15.0. The first kappa shape index (κ1) is 111. The van der Waals surface area contributed by atoms with Gasteiger partial charge in [0, 0.05) is 99.1 Å². The third-order valence-corrected chi connectivity index (χ3v) is 35.4. The molecule has 147 heavy (non-hydrogen) atoms. The van der Waals surface area contributed by atoms with Gasteiger partial charge in [0.2, 0.25) is 11.9 Å². The quantitative estimate of drug-likeness (QED) is 0.0137. The number of hydrogen-bond acceptors (Lipinski definition) is 56. The maximum Gasteiger partial charge on any atom is 0.386 e. The predicted octanol–water partition coefficient (Wildman–Crippen LogP) is -2.74. The van der Waals surface area contributed by atoms with Crippen LogP contribution in [0.15, 0.2) is 88.5 Å². The van der Waals surface area contributed by atoms with Crippen LogP contribution in [0.4, 0.5) is 29.4 Å². The average Bonchev–Trinajstić information content (AvgIpc) is 1.84. The Bertz CT molecular complexity index is 7590. The fraction of sp³-hybridized carbons (Fsp3) is 0.569. The molecule has 61 nitrogen and oxygen atoms in total. The van der Waals surface area contributed by atoms with E-state index in [1.165, 1.54) is 79.0 Å². The van der Waals surface area contributed by atoms with E-state index in [0.717, 1.165) is 37.9 Å². The van der Waals surface area contributed by atoms with Gasteiger partial charge in [0.05, 0.1) is 101 Å². The van der Waals surface area contributed by atoms with Crippen LogP contribution in [-0.2, 0) is 172 Å². The Hall–Kier alpha value is -7.23. The van der Waals surface area contributed by atoms with Gasteiger partial charge in [0.25, 0.3) is 22.2 Å². The van der Waals surface area contributed by atoms with Gasteiger partial charge >= 0.3 is 29.6 Å². The topological polar surface area (TPSA) is 830 Å². The van der Waals surface area contributed by atoms with Crippen molar-refractivity contribution >= 4 is 193 Å². The predicted molar refractivity (Wildman–Crippen MR) is 521 cm³/mol. The Labute approximate surface area is 860 Å². The summed E-state index contributed by atoms with van der Waals surface area (Å²) in [5, 5.41) is 0. The number of H-pyrrole nitrogens is 4. The van der Waals surface area contributed by atoms with Crippen LogP contribution in [0.1, 0.15) is 124 Å². The van der Waals surface area contributed by atoms with Crippen molar-refractivity contribution in [3.05, 3.63) is 156 Å². The van der Waals surface area contributed by atoms with Gasteiger partial charge in [0.1, 0.15) is 150 Å². The SMILES string of the molecule is CC[C@H]1O[C@@H](n2cc(C)c(=O)[nH]c2=O)CC1OP([O-])(=S)OC[C@H]1O[C@@H](n2cnc3c(=O)[nH]c(N)nc32)CC1OP(=O)(S)OC[C@H]1O[C@@H](n2cc(C)c(=O)[nH]c2=O)CC1OP([O-])(=S)OC[C@H]1O[C@@H](n2cc(C)c(N)nc2=O)CC1OP([O-])(=S)OC[C@H]1O[C@@H](n2cc(C)c(N)nc2=O)CC1OP([O-])(=S)OC[C@H]1O[C@@H](n2cnc3c(N)ncnc32)CC1OP([O-])(=S)OC[C@H]1O[C@@H](n2cnc3c(=O)[nH]c(N)nc32)CC1OP([O-])(=S)OC. The van der Waals surface area contributed by atoms with Crippen LogP contribution in [0.5, 0.6) is 0 Å². The first-order chi connectivity index (χ1) is 69.2. The Morgan fingerprint density at radius 3 is 0.986 bits per heavy atom. The van der Waals surface area contributed by atoms with Crippen molar-refractivity contribution in [3.63, 3.8) is 0 Å². The highest BCUT2D eigenvalue weighted by Gasteiger charge is 2.50. The van der Waals surface area contributed by atoms with E-state index in [4.69, 9.17) is 196 Å². The van der Waals surface area contributed by atoms with Crippen molar-refractivity contribution in [2.45, 2.75) is 215 Å². The summed E-state index contributed by atoms with van der Waals surface area (Å²) in [5.74, 6) is -0.915. The second kappa shape index (κ2) is 44.3. The van der Waals surface area contributed by atoms with E-state index >= 15 is 0 Å². The minimum absolute atomic E-state index is 0.0126. The molecule has 28 atom stereocenters. The molecule has 0 saturated carbocycles. The molecule has 0 aromatic carbocycles. The molecule has 7 fully saturated rings. The third-order valence-electron chi connectivity index (χ3n) is 24.2. The van der Waals surface area contributed by atoms with Gasteiger partial charge in [-0.15, -0.1) is 0 Å². The fourth-order valence-electron chi connectivity index (χ4n) is 17.1. The summed E-state index contributed by atoms with van der Waals surface area (Å²) in [4.78, 5) is 237. The second-order valence-corrected chi connectivity index (χ2v) is 53.4. The lowest BCUT2D eigenvalue weighted by molar-refractivity contribution is -0.221. The molecule has 0 radical (unpaired) electrons. The molecule has 802 valence electrons. The highest BCUT2D eigenvalue weighted by Crippen LogP contribution is 2.59. The van der Waals surface area contributed by atoms with Crippen molar-refractivity contribution in [2.75, 3.05) is 75.4 Å². The number of aromatic nitrogens is 20. The van der Waals surface area contributed by atoms with Gasteiger partial charge in [-0.3, -0.25) is 80.1 Å². The zero-order chi connectivity index (χ0) is 106. The van der Waals surface area contributed by atoms with Crippen molar-refractivity contribution in [2.24, 2.45) is 0 Å². The number of ether oxygens (including phenoxy) is 7. The summed E-state index contributed by atoms with van der Waals surface area (Å²) in [6.07, 6.45) is -20.7. The molecule has 7 saturated heterocycles. The number of anilines is 5. The Morgan fingerprint density at radius 1 is 0.361 bits per heavy atom. The molecule has 17 rings (SSSR count). The number of thiol groups is 1. The number of hydrogen-bond donors (Lipinski definition) is 10. The summed E-state index contributed by atoms with van der Waals surface area (Å²) in [6, 6.07) is 0. The van der Waals surface area contributed by atoms with Crippen LogP contribution in [0.25, 0.3) is 33.5 Å². The van der Waals surface area contributed by atoms with E-state index in [1.54, 1.807) is 6.92 Å². The van der Waals surface area contributed by atoms with E-state index in [9.17, 15) is 72.3 Å². The van der Waals surface area contributed by atoms with Crippen molar-refractivity contribution < 1.29 is 130 Å². The number of aryl methyl sites for hydroxylation is 4. The monoisotopic (exact) mass is 2320 g/mol. The van der Waals surface area contributed by atoms with E-state index in [2.05, 4.69) is 77.0 Å². The molecule has 0 aliphatic carbocycles. The Morgan fingerprint density at radius 2 is 0.646 bits per heavy atom. The van der Waals surface area contributed by atoms with Crippen LogP contribution in [0.3, 0.4) is 0 Å². The Kier molecular flexibility index (Phi) is 33.4. The summed E-state index contributed by atoms with van der Waals surface area (Å²) < 4.78 is 149. The van der Waals surface area contributed by atoms with Crippen LogP contribution in [-0.4, -0.2) is 229 Å². The lowest BCUT2D eigenvalue weighted by Crippen LogP contribution is -2.34. The Balaban J connectivity index is 0.580. The fourth-order valence-corrected chi connectivity index (χ4v) is 26.9. The van der Waals surface area contributed by atoms with Gasteiger partial charge in [0.15, 0.2) is 33.8 Å². The van der Waals surface area contributed by atoms with Gasteiger partial charge in [-0.2, -0.15) is 19.9 Å². The molecule has 14 N–H and O–H groups in total. The largest absolute Gasteiger partial charge is 0.780 e. The van der Waals surface area contributed by atoms with Gasteiger partial charge in [-0.05, 0) is 34.1 Å². The standard InChI is InChI=1S/C72H96N25O36P7S7/c1-7-33-34(8-47(120-33)93-17-31(4)63(98)89-71(93)104)128-135(107,142)114-24-46-40(14-53(126-46)97-28-82-56-62(97)86-68(77)88-66(56)101)133-140(112,147)118-22-44-38(11-50(123-44)94-18-32(5)64(99)90-72(94)105)131-137(109,144)117-21-42-36(9-48(121-42)91-15-29(2)57(73)83-69(91)102)129-136(108,143)116-20-43-37(10-49(122-43)92-16-30(3)58(74)84-70(92)103)130-138(110,145)119-23-45-39(13-51(124-45)95-26-80-54-59(75)78-25-79-60(54)95)132-139(111,146)115-19-41-35(127-134(106,141)113-6)12-52(125-41)96-27-81-55-61(96)85-67(76)87-65(55)100/h15-18,25-28,33-53H,7-14,19-24H2,1-6H3,(H,106,141)(H,107,142)(H,108,143)(H,109,144)(H,110,145)(H,111,146)(H,112,147)(H2,73,83,102)(H2,74,84,103)(H2,75,78,79)(H,89,98,104)(H,90,99,105)(H3,76,85,87,100)(H3,77,86,88,101)/p-6/t33-,34?,35?,36?,37?,38?,39?,40?,41-,42-,43-,44-,45-,46-,47-,48-,49-,50-,51-,52-,53-,134?,135?,136?,137?,138?,139?,140?/m1/s1. The average molecular weight is 2320 g/mol. The molecule has 10 aromatic rings. The number of nitrogens with zero attached hydrogens (tertiary/aromatic N) is 16. The zero-order valence-corrected chi connectivity index (χ0v) is 89.0. The van der Waals surface area contributed by atoms with Crippen LogP contribution in [0, 0.1) is 27.7 Å². The maximum absolute atomic E-state index is 15.0. The normalized spacial score (nSPS) is 29.4. The van der Waals surface area contributed by atoms with E-state index in [1.807, 2.05) is 0 Å². The van der Waals surface area contributed by atoms with Crippen LogP contribution < -0.4 is 103 Å². The number of rotatable bonds is 41. The smallest absolute Gasteiger partial charge is 0.386 e. The van der Waals surface area contributed by atoms with Crippen LogP contribution in [0.2, 0.25) is 0 Å². The lowest BCUT2D eigenvalue weighted by Gasteiger charge is -2.36. The van der Waals surface area contributed by atoms with Gasteiger partial charge in [-0.1, -0.05) is 90.0 Å². The molecule has 10 aromatic heterocycles. The number of fused-ring (bicyclic) bond motifs is 3. The summed E-state index contributed by atoms with van der Waals surface area (Å²) >= 11 is 36.9. The molecule has 7 aliphatic rings. The lowest BCUT2D eigenvalue weighted by atomic mass is 10.1. The minimum Gasteiger partial charge on any atom is -0.780 e. The van der Waals surface area contributed by atoms with Gasteiger partial charge in [-0.25, -0.2) is 48.7 Å². The number of nitrogen functional groups attached to an aromatic ring is 5. The molecule has 7 aliphatic heterocycles. The molecule has 75 heteroatoms. The summed E-state index contributed by atoms with van der Waals surface area (Å²) in [6.45, 7) is -31.1. The van der Waals surface area contributed by atoms with Crippen molar-refractivity contribution in [3.8, 4) is 0 Å². The minimum atomic E-state index is -5.06. The number of aromatic amines is 4. The van der Waals surface area contributed by atoms with Crippen LogP contribution >= 0.6 is 59.4 Å². The number of imidazole rings is 3. The van der Waals surface area contributed by atoms with Crippen molar-refractivity contribution in [1.82, 2.24) is 96.8 Å². The highest BCUT2D eigenvalue weighted by atomic mass is 32.7. The van der Waals surface area contributed by atoms with Crippen molar-refractivity contribution in [1.29, 1.82) is 0 Å².